The Hall–Kier alpha value is -1.84. The van der Waals surface area contributed by atoms with Crippen LogP contribution in [0.5, 0.6) is 0 Å². The lowest BCUT2D eigenvalue weighted by Crippen LogP contribution is -2.37. The Bertz CT molecular complexity index is 570. The van der Waals surface area contributed by atoms with Crippen molar-refractivity contribution in [2.24, 2.45) is 0 Å². The average molecular weight is 257 g/mol. The van der Waals surface area contributed by atoms with Crippen LogP contribution < -0.4 is 5.32 Å². The summed E-state index contributed by atoms with van der Waals surface area (Å²) >= 11 is 0. The van der Waals surface area contributed by atoms with Gasteiger partial charge in [-0.25, -0.2) is 0 Å². The molecule has 1 aromatic carbocycles. The van der Waals surface area contributed by atoms with Gasteiger partial charge in [-0.2, -0.15) is 5.10 Å². The molecule has 0 aliphatic heterocycles. The van der Waals surface area contributed by atoms with E-state index >= 15 is 0 Å². The fourth-order valence-corrected chi connectivity index (χ4v) is 2.84. The third-order valence-corrected chi connectivity index (χ3v) is 3.85. The van der Waals surface area contributed by atoms with Gasteiger partial charge in [-0.15, -0.1) is 0 Å². The molecule has 0 saturated heterocycles. The highest BCUT2D eigenvalue weighted by Gasteiger charge is 2.17. The second-order valence-corrected chi connectivity index (χ2v) is 5.30. The minimum atomic E-state index is 0.0984. The van der Waals surface area contributed by atoms with Gasteiger partial charge in [0, 0.05) is 11.4 Å². The second-order valence-electron chi connectivity index (χ2n) is 5.30. The number of nitrogens with one attached hydrogen (secondary N) is 2. The number of carbonyl (C=O) groups is 1. The molecule has 0 spiro atoms. The molecule has 100 valence electrons. The van der Waals surface area contributed by atoms with Gasteiger partial charge in [-0.3, -0.25) is 9.89 Å². The third-order valence-electron chi connectivity index (χ3n) is 3.85. The molecule has 0 bridgehead atoms. The number of aromatic nitrogens is 2. The molecule has 1 aliphatic rings. The van der Waals surface area contributed by atoms with Crippen molar-refractivity contribution in [3.63, 3.8) is 0 Å². The molecule has 2 N–H and O–H groups in total. The number of fused-ring (bicyclic) bond motifs is 1. The smallest absolute Gasteiger partial charge is 0.226 e. The van der Waals surface area contributed by atoms with Crippen LogP contribution >= 0.6 is 0 Å². The van der Waals surface area contributed by atoms with Crippen LogP contribution in [0.2, 0.25) is 0 Å². The standard InChI is InChI=1S/C15H19N3O/c19-15(16-11-6-2-1-3-7-11)10-14-12-8-4-5-9-13(12)17-18-14/h4-5,8-9,11H,1-3,6-7,10H2,(H,16,19)(H,17,18). The predicted molar refractivity (Wildman–Crippen MR) is 74.8 cm³/mol. The molecule has 1 aliphatic carbocycles. The Morgan fingerprint density at radius 1 is 1.26 bits per heavy atom. The van der Waals surface area contributed by atoms with Crippen molar-refractivity contribution < 1.29 is 4.79 Å². The van der Waals surface area contributed by atoms with E-state index in [9.17, 15) is 4.79 Å². The zero-order valence-corrected chi connectivity index (χ0v) is 11.0. The van der Waals surface area contributed by atoms with Crippen molar-refractivity contribution in [3.05, 3.63) is 30.0 Å². The maximum absolute atomic E-state index is 12.1. The van der Waals surface area contributed by atoms with Crippen LogP contribution in [0.1, 0.15) is 37.8 Å². The highest BCUT2D eigenvalue weighted by molar-refractivity contribution is 5.87. The zero-order valence-electron chi connectivity index (χ0n) is 11.0. The van der Waals surface area contributed by atoms with E-state index in [1.165, 1.54) is 19.3 Å². The molecular formula is C15H19N3O. The van der Waals surface area contributed by atoms with Crippen LogP contribution in [0.4, 0.5) is 0 Å². The first-order valence-electron chi connectivity index (χ1n) is 7.04. The van der Waals surface area contributed by atoms with Crippen LogP contribution in [0.25, 0.3) is 10.9 Å². The molecule has 19 heavy (non-hydrogen) atoms. The lowest BCUT2D eigenvalue weighted by molar-refractivity contribution is -0.121. The maximum Gasteiger partial charge on any atom is 0.226 e. The Morgan fingerprint density at radius 3 is 2.89 bits per heavy atom. The Labute approximate surface area is 112 Å². The molecule has 1 fully saturated rings. The number of benzene rings is 1. The molecule has 3 rings (SSSR count). The minimum absolute atomic E-state index is 0.0984. The van der Waals surface area contributed by atoms with Crippen molar-refractivity contribution in [2.75, 3.05) is 0 Å². The van der Waals surface area contributed by atoms with E-state index in [-0.39, 0.29) is 5.91 Å². The summed E-state index contributed by atoms with van der Waals surface area (Å²) < 4.78 is 0. The van der Waals surface area contributed by atoms with Crippen LogP contribution in [-0.2, 0) is 11.2 Å². The minimum Gasteiger partial charge on any atom is -0.353 e. The first-order valence-corrected chi connectivity index (χ1v) is 7.04. The summed E-state index contributed by atoms with van der Waals surface area (Å²) in [6.45, 7) is 0. The van der Waals surface area contributed by atoms with Crippen molar-refractivity contribution >= 4 is 16.8 Å². The van der Waals surface area contributed by atoms with Gasteiger partial charge in [0.1, 0.15) is 0 Å². The van der Waals surface area contributed by atoms with Gasteiger partial charge in [-0.05, 0) is 18.9 Å². The van der Waals surface area contributed by atoms with Crippen molar-refractivity contribution in [3.8, 4) is 0 Å². The first kappa shape index (κ1) is 12.2. The third kappa shape index (κ3) is 2.78. The molecule has 4 heteroatoms. The van der Waals surface area contributed by atoms with E-state index < -0.39 is 0 Å². The fourth-order valence-electron chi connectivity index (χ4n) is 2.84. The number of hydrogen-bond donors (Lipinski definition) is 2. The molecule has 2 aromatic rings. The highest BCUT2D eigenvalue weighted by atomic mass is 16.1. The van der Waals surface area contributed by atoms with Gasteiger partial charge in [0.25, 0.3) is 0 Å². The molecule has 1 saturated carbocycles. The van der Waals surface area contributed by atoms with Crippen molar-refractivity contribution in [1.82, 2.24) is 15.5 Å². The lowest BCUT2D eigenvalue weighted by atomic mass is 9.95. The SMILES string of the molecule is O=C(Cc1[nH]nc2ccccc12)NC1CCCCC1. The number of para-hydroxylation sites is 1. The number of amides is 1. The summed E-state index contributed by atoms with van der Waals surface area (Å²) in [6, 6.07) is 8.25. The second kappa shape index (κ2) is 5.43. The van der Waals surface area contributed by atoms with Crippen LogP contribution in [0.3, 0.4) is 0 Å². The van der Waals surface area contributed by atoms with Crippen molar-refractivity contribution in [2.45, 2.75) is 44.6 Å². The van der Waals surface area contributed by atoms with Gasteiger partial charge in [-0.1, -0.05) is 37.5 Å². The van der Waals surface area contributed by atoms with Gasteiger partial charge < -0.3 is 5.32 Å². The molecule has 1 amide bonds. The van der Waals surface area contributed by atoms with Gasteiger partial charge in [0.05, 0.1) is 17.6 Å². The van der Waals surface area contributed by atoms with E-state index in [1.807, 2.05) is 24.3 Å². The molecular weight excluding hydrogens is 238 g/mol. The Kier molecular flexibility index (Phi) is 3.49. The Morgan fingerprint density at radius 2 is 2.05 bits per heavy atom. The van der Waals surface area contributed by atoms with Gasteiger partial charge in [0.2, 0.25) is 5.91 Å². The summed E-state index contributed by atoms with van der Waals surface area (Å²) in [5, 5.41) is 11.4. The van der Waals surface area contributed by atoms with Crippen molar-refractivity contribution in [1.29, 1.82) is 0 Å². The van der Waals surface area contributed by atoms with E-state index in [4.69, 9.17) is 0 Å². The predicted octanol–water partition coefficient (Wildman–Crippen LogP) is 2.55. The number of rotatable bonds is 3. The summed E-state index contributed by atoms with van der Waals surface area (Å²) in [7, 11) is 0. The van der Waals surface area contributed by atoms with Crippen LogP contribution in [-0.4, -0.2) is 22.1 Å². The van der Waals surface area contributed by atoms with E-state index in [0.29, 0.717) is 12.5 Å². The Balaban J connectivity index is 1.65. The van der Waals surface area contributed by atoms with E-state index in [0.717, 1.165) is 29.4 Å². The monoisotopic (exact) mass is 257 g/mol. The number of H-pyrrole nitrogens is 1. The normalized spacial score (nSPS) is 16.6. The highest BCUT2D eigenvalue weighted by Crippen LogP contribution is 2.18. The number of carbonyl (C=O) groups excluding carboxylic acids is 1. The lowest BCUT2D eigenvalue weighted by Gasteiger charge is -2.22. The quantitative estimate of drug-likeness (QED) is 0.887. The largest absolute Gasteiger partial charge is 0.353 e. The molecule has 1 aromatic heterocycles. The molecule has 0 unspecified atom stereocenters. The average Bonchev–Trinajstić information content (AvgIpc) is 2.83. The summed E-state index contributed by atoms with van der Waals surface area (Å²) in [5.41, 5.74) is 1.83. The molecule has 4 nitrogen and oxygen atoms in total. The van der Waals surface area contributed by atoms with Crippen LogP contribution in [0.15, 0.2) is 24.3 Å². The number of hydrogen-bond acceptors (Lipinski definition) is 2. The molecule has 1 heterocycles. The zero-order chi connectivity index (χ0) is 13.1. The van der Waals surface area contributed by atoms with Crippen LogP contribution in [0, 0.1) is 0 Å². The fraction of sp³-hybridized carbons (Fsp3) is 0.467. The summed E-state index contributed by atoms with van der Waals surface area (Å²) in [5.74, 6) is 0.0984. The van der Waals surface area contributed by atoms with E-state index in [1.54, 1.807) is 0 Å². The molecule has 0 atom stereocenters. The first-order chi connectivity index (χ1) is 9.33. The number of aromatic amines is 1. The maximum atomic E-state index is 12.1. The van der Waals surface area contributed by atoms with E-state index in [2.05, 4.69) is 15.5 Å². The summed E-state index contributed by atoms with van der Waals surface area (Å²) in [6.07, 6.45) is 6.40. The number of nitrogens with zero attached hydrogens (tertiary/aromatic N) is 1. The summed E-state index contributed by atoms with van der Waals surface area (Å²) in [4.78, 5) is 12.1. The van der Waals surface area contributed by atoms with Gasteiger partial charge >= 0.3 is 0 Å². The molecule has 0 radical (unpaired) electrons. The van der Waals surface area contributed by atoms with Gasteiger partial charge in [0.15, 0.2) is 0 Å². The topological polar surface area (TPSA) is 57.8 Å².